The van der Waals surface area contributed by atoms with Gasteiger partial charge in [-0.1, -0.05) is 6.92 Å². The summed E-state index contributed by atoms with van der Waals surface area (Å²) in [6, 6.07) is 3.20. The third kappa shape index (κ3) is 3.94. The Hall–Kier alpha value is -1.70. The van der Waals surface area contributed by atoms with Gasteiger partial charge >= 0.3 is 6.18 Å². The van der Waals surface area contributed by atoms with E-state index in [-0.39, 0.29) is 18.0 Å². The van der Waals surface area contributed by atoms with Crippen LogP contribution in [0.1, 0.15) is 25.3 Å². The zero-order chi connectivity index (χ0) is 16.3. The maximum atomic E-state index is 12.6. The number of benzene rings is 1. The number of rotatable bonds is 4. The van der Waals surface area contributed by atoms with Crippen LogP contribution in [0.25, 0.3) is 0 Å². The summed E-state index contributed by atoms with van der Waals surface area (Å²) in [4.78, 5) is 24.1. The number of thioether (sulfide) groups is 1. The molecule has 0 bridgehead atoms. The van der Waals surface area contributed by atoms with E-state index in [1.54, 1.807) is 0 Å². The molecule has 4 nitrogen and oxygen atoms in total. The highest BCUT2D eigenvalue weighted by Gasteiger charge is 2.34. The minimum Gasteiger partial charge on any atom is -0.356 e. The molecule has 0 fully saturated rings. The van der Waals surface area contributed by atoms with Crippen molar-refractivity contribution in [2.45, 2.75) is 36.1 Å². The quantitative estimate of drug-likeness (QED) is 0.891. The Balaban J connectivity index is 2.10. The highest BCUT2D eigenvalue weighted by atomic mass is 32.2. The Kier molecular flexibility index (Phi) is 5.00. The average molecular weight is 332 g/mol. The number of halogens is 3. The molecule has 1 unspecified atom stereocenters. The largest absolute Gasteiger partial charge is 0.416 e. The number of alkyl halides is 3. The molecule has 0 aliphatic carbocycles. The van der Waals surface area contributed by atoms with Gasteiger partial charge in [-0.05, 0) is 24.6 Å². The molecule has 2 amide bonds. The van der Waals surface area contributed by atoms with Crippen molar-refractivity contribution < 1.29 is 22.8 Å². The van der Waals surface area contributed by atoms with Gasteiger partial charge in [0.1, 0.15) is 0 Å². The fourth-order valence-corrected chi connectivity index (χ4v) is 3.06. The van der Waals surface area contributed by atoms with Crippen LogP contribution in [0.15, 0.2) is 23.1 Å². The number of nitrogens with one attached hydrogen (secondary N) is 2. The summed E-state index contributed by atoms with van der Waals surface area (Å²) >= 11 is 1.11. The maximum absolute atomic E-state index is 12.6. The van der Waals surface area contributed by atoms with Crippen molar-refractivity contribution in [3.63, 3.8) is 0 Å². The number of amides is 2. The van der Waals surface area contributed by atoms with Gasteiger partial charge in [-0.25, -0.2) is 0 Å². The minimum absolute atomic E-state index is 0.00301. The van der Waals surface area contributed by atoms with Crippen LogP contribution in [0.4, 0.5) is 18.9 Å². The first-order valence-corrected chi connectivity index (χ1v) is 7.64. The van der Waals surface area contributed by atoms with Gasteiger partial charge in [-0.15, -0.1) is 11.8 Å². The monoisotopic (exact) mass is 332 g/mol. The highest BCUT2D eigenvalue weighted by Crippen LogP contribution is 2.40. The van der Waals surface area contributed by atoms with Crippen molar-refractivity contribution in [2.75, 3.05) is 11.9 Å². The minimum atomic E-state index is -4.46. The summed E-state index contributed by atoms with van der Waals surface area (Å²) in [6.07, 6.45) is -3.67. The second-order valence-corrected chi connectivity index (χ2v) is 6.10. The van der Waals surface area contributed by atoms with Crippen molar-refractivity contribution in [2.24, 2.45) is 0 Å². The molecule has 1 aliphatic rings. The summed E-state index contributed by atoms with van der Waals surface area (Å²) in [5.74, 6) is -0.701. The molecule has 1 aromatic rings. The standard InChI is InChI=1S/C14H15F3N2O2S/c1-2-5-18-12(20)7-11-13(21)19-9-6-8(14(15,16)17)3-4-10(9)22-11/h3-4,6,11H,2,5,7H2,1H3,(H,18,20)(H,19,21). The lowest BCUT2D eigenvalue weighted by molar-refractivity contribution is -0.137. The number of carbonyl (C=O) groups is 2. The molecular formula is C14H15F3N2O2S. The Morgan fingerprint density at radius 3 is 2.77 bits per heavy atom. The maximum Gasteiger partial charge on any atom is 0.416 e. The van der Waals surface area contributed by atoms with Crippen LogP contribution in [-0.4, -0.2) is 23.6 Å². The molecule has 0 saturated carbocycles. The molecule has 2 N–H and O–H groups in total. The van der Waals surface area contributed by atoms with E-state index in [4.69, 9.17) is 0 Å². The van der Waals surface area contributed by atoms with E-state index < -0.39 is 22.9 Å². The second kappa shape index (κ2) is 6.60. The van der Waals surface area contributed by atoms with E-state index in [9.17, 15) is 22.8 Å². The molecule has 1 aliphatic heterocycles. The molecule has 2 rings (SSSR count). The van der Waals surface area contributed by atoms with E-state index in [1.165, 1.54) is 6.07 Å². The van der Waals surface area contributed by atoms with Gasteiger partial charge in [0.15, 0.2) is 0 Å². The molecule has 0 spiro atoms. The summed E-state index contributed by atoms with van der Waals surface area (Å²) < 4.78 is 37.9. The van der Waals surface area contributed by atoms with Gasteiger partial charge in [0.2, 0.25) is 11.8 Å². The Morgan fingerprint density at radius 1 is 1.41 bits per heavy atom. The first-order chi connectivity index (χ1) is 10.3. The number of hydrogen-bond donors (Lipinski definition) is 2. The van der Waals surface area contributed by atoms with Gasteiger partial charge in [0.05, 0.1) is 16.5 Å². The Bertz CT molecular complexity index is 590. The third-order valence-electron chi connectivity index (χ3n) is 3.07. The van der Waals surface area contributed by atoms with Crippen LogP contribution >= 0.6 is 11.8 Å². The van der Waals surface area contributed by atoms with Crippen LogP contribution in [0.3, 0.4) is 0 Å². The van der Waals surface area contributed by atoms with Crippen LogP contribution in [0.5, 0.6) is 0 Å². The molecular weight excluding hydrogens is 317 g/mol. The number of fused-ring (bicyclic) bond motifs is 1. The molecule has 120 valence electrons. The lowest BCUT2D eigenvalue weighted by atomic mass is 10.1. The molecule has 1 heterocycles. The average Bonchev–Trinajstić information content (AvgIpc) is 2.44. The summed E-state index contributed by atoms with van der Waals surface area (Å²) in [7, 11) is 0. The van der Waals surface area contributed by atoms with E-state index in [0.29, 0.717) is 11.4 Å². The zero-order valence-corrected chi connectivity index (χ0v) is 12.6. The fourth-order valence-electron chi connectivity index (χ4n) is 1.97. The smallest absolute Gasteiger partial charge is 0.356 e. The summed E-state index contributed by atoms with van der Waals surface area (Å²) in [5, 5.41) is 4.48. The molecule has 8 heteroatoms. The van der Waals surface area contributed by atoms with Crippen molar-refractivity contribution >= 4 is 29.3 Å². The topological polar surface area (TPSA) is 58.2 Å². The van der Waals surface area contributed by atoms with Gasteiger partial charge in [0, 0.05) is 17.9 Å². The molecule has 0 saturated heterocycles. The lowest BCUT2D eigenvalue weighted by Crippen LogP contribution is -2.35. The van der Waals surface area contributed by atoms with Gasteiger partial charge in [0.25, 0.3) is 0 Å². The Morgan fingerprint density at radius 2 is 2.14 bits per heavy atom. The van der Waals surface area contributed by atoms with Gasteiger partial charge < -0.3 is 10.6 Å². The van der Waals surface area contributed by atoms with E-state index in [1.807, 2.05) is 6.92 Å². The van der Waals surface area contributed by atoms with Crippen LogP contribution < -0.4 is 10.6 Å². The van der Waals surface area contributed by atoms with Crippen LogP contribution in [-0.2, 0) is 15.8 Å². The molecule has 22 heavy (non-hydrogen) atoms. The first-order valence-electron chi connectivity index (χ1n) is 6.76. The van der Waals surface area contributed by atoms with Crippen LogP contribution in [0, 0.1) is 0 Å². The molecule has 1 atom stereocenters. The third-order valence-corrected chi connectivity index (χ3v) is 4.34. The molecule has 1 aromatic carbocycles. The molecule has 0 radical (unpaired) electrons. The lowest BCUT2D eigenvalue weighted by Gasteiger charge is -2.24. The van der Waals surface area contributed by atoms with E-state index >= 15 is 0 Å². The number of anilines is 1. The first kappa shape index (κ1) is 16.7. The normalized spacial score (nSPS) is 17.6. The van der Waals surface area contributed by atoms with Gasteiger partial charge in [-0.3, -0.25) is 9.59 Å². The Labute approximate surface area is 129 Å². The van der Waals surface area contributed by atoms with E-state index in [0.717, 1.165) is 30.3 Å². The number of carbonyl (C=O) groups excluding carboxylic acids is 2. The fraction of sp³-hybridized carbons (Fsp3) is 0.429. The predicted octanol–water partition coefficient (Wildman–Crippen LogP) is 3.03. The van der Waals surface area contributed by atoms with Crippen molar-refractivity contribution in [1.82, 2.24) is 5.32 Å². The van der Waals surface area contributed by atoms with Crippen LogP contribution in [0.2, 0.25) is 0 Å². The summed E-state index contributed by atoms with van der Waals surface area (Å²) in [6.45, 7) is 2.44. The number of hydrogen-bond acceptors (Lipinski definition) is 3. The SMILES string of the molecule is CCCNC(=O)CC1Sc2ccc(C(F)(F)F)cc2NC1=O. The van der Waals surface area contributed by atoms with E-state index in [2.05, 4.69) is 10.6 Å². The molecule has 0 aromatic heterocycles. The highest BCUT2D eigenvalue weighted by molar-refractivity contribution is 8.01. The van der Waals surface area contributed by atoms with Crippen molar-refractivity contribution in [3.8, 4) is 0 Å². The zero-order valence-electron chi connectivity index (χ0n) is 11.8. The van der Waals surface area contributed by atoms with Crippen molar-refractivity contribution in [3.05, 3.63) is 23.8 Å². The van der Waals surface area contributed by atoms with Gasteiger partial charge in [-0.2, -0.15) is 13.2 Å². The summed E-state index contributed by atoms with van der Waals surface area (Å²) in [5.41, 5.74) is -0.679. The predicted molar refractivity (Wildman–Crippen MR) is 77.6 cm³/mol. The van der Waals surface area contributed by atoms with Crippen molar-refractivity contribution in [1.29, 1.82) is 0 Å². The second-order valence-electron chi connectivity index (χ2n) is 4.86.